The molecule has 0 saturated heterocycles. The quantitative estimate of drug-likeness (QED) is 0.200. The van der Waals surface area contributed by atoms with E-state index in [0.29, 0.717) is 38.0 Å². The maximum Gasteiger partial charge on any atom is 0.407 e. The van der Waals surface area contributed by atoms with Crippen LogP contribution in [-0.2, 0) is 11.3 Å². The van der Waals surface area contributed by atoms with Crippen molar-refractivity contribution in [2.24, 2.45) is 4.99 Å². The van der Waals surface area contributed by atoms with Gasteiger partial charge in [0.25, 0.3) is 0 Å². The molecule has 0 aliphatic carbocycles. The van der Waals surface area contributed by atoms with E-state index in [1.165, 1.54) is 0 Å². The van der Waals surface area contributed by atoms with Crippen LogP contribution in [0.1, 0.15) is 39.7 Å². The maximum atomic E-state index is 11.6. The van der Waals surface area contributed by atoms with Gasteiger partial charge in [-0.2, -0.15) is 0 Å². The van der Waals surface area contributed by atoms with Crippen LogP contribution in [0.3, 0.4) is 0 Å². The summed E-state index contributed by atoms with van der Waals surface area (Å²) >= 11 is 0. The summed E-state index contributed by atoms with van der Waals surface area (Å²) in [4.78, 5) is 15.8. The van der Waals surface area contributed by atoms with Gasteiger partial charge in [-0.3, -0.25) is 4.99 Å². The molecule has 0 aliphatic rings. The molecule has 1 aromatic rings. The zero-order valence-corrected chi connectivity index (χ0v) is 20.6. The topological polar surface area (TPSA) is 93.2 Å². The first-order valence-corrected chi connectivity index (χ1v) is 9.50. The van der Waals surface area contributed by atoms with Gasteiger partial charge in [-0.1, -0.05) is 6.07 Å². The molecular formula is C20H35IN4O4. The summed E-state index contributed by atoms with van der Waals surface area (Å²) in [5.41, 5.74) is 0.563. The number of methoxy groups -OCH3 is 1. The fourth-order valence-electron chi connectivity index (χ4n) is 2.30. The van der Waals surface area contributed by atoms with E-state index in [1.807, 2.05) is 45.9 Å². The molecule has 1 rings (SSSR count). The minimum atomic E-state index is -0.488. The van der Waals surface area contributed by atoms with Gasteiger partial charge in [0, 0.05) is 26.7 Å². The number of halogens is 1. The lowest BCUT2D eigenvalue weighted by molar-refractivity contribution is 0.0527. The number of hydrogen-bond acceptors (Lipinski definition) is 5. The summed E-state index contributed by atoms with van der Waals surface area (Å²) < 4.78 is 16.1. The number of aliphatic imine (C=N–C) groups is 1. The third-order valence-corrected chi connectivity index (χ3v) is 3.53. The number of ether oxygens (including phenoxy) is 3. The average Bonchev–Trinajstić information content (AvgIpc) is 2.63. The molecule has 8 nitrogen and oxygen atoms in total. The van der Waals surface area contributed by atoms with Crippen LogP contribution in [0.15, 0.2) is 23.2 Å². The molecule has 3 N–H and O–H groups in total. The Morgan fingerprint density at radius 1 is 1.10 bits per heavy atom. The predicted molar refractivity (Wildman–Crippen MR) is 127 cm³/mol. The molecule has 0 fully saturated rings. The van der Waals surface area contributed by atoms with Gasteiger partial charge in [-0.25, -0.2) is 4.79 Å². The Hall–Kier alpha value is -1.91. The second-order valence-electron chi connectivity index (χ2n) is 7.05. The normalized spacial score (nSPS) is 11.2. The molecule has 0 atom stereocenters. The smallest absolute Gasteiger partial charge is 0.407 e. The number of rotatable bonds is 9. The minimum absolute atomic E-state index is 0. The van der Waals surface area contributed by atoms with Crippen LogP contribution in [-0.4, -0.2) is 51.5 Å². The van der Waals surface area contributed by atoms with Crippen LogP contribution in [0.4, 0.5) is 4.79 Å². The maximum absolute atomic E-state index is 11.6. The number of nitrogens with zero attached hydrogens (tertiary/aromatic N) is 1. The summed E-state index contributed by atoms with van der Waals surface area (Å²) in [6, 6.07) is 5.83. The Morgan fingerprint density at radius 2 is 1.79 bits per heavy atom. The highest BCUT2D eigenvalue weighted by Gasteiger charge is 2.15. The van der Waals surface area contributed by atoms with Gasteiger partial charge >= 0.3 is 6.09 Å². The van der Waals surface area contributed by atoms with Crippen molar-refractivity contribution in [1.82, 2.24) is 16.0 Å². The van der Waals surface area contributed by atoms with Crippen molar-refractivity contribution in [3.63, 3.8) is 0 Å². The highest BCUT2D eigenvalue weighted by atomic mass is 127. The Morgan fingerprint density at radius 3 is 2.38 bits per heavy atom. The number of amides is 1. The van der Waals surface area contributed by atoms with Crippen LogP contribution in [0, 0.1) is 0 Å². The second-order valence-corrected chi connectivity index (χ2v) is 7.05. The molecule has 166 valence electrons. The van der Waals surface area contributed by atoms with Crippen molar-refractivity contribution < 1.29 is 19.0 Å². The summed E-state index contributed by atoms with van der Waals surface area (Å²) in [5, 5.41) is 9.19. The molecular weight excluding hydrogens is 487 g/mol. The van der Waals surface area contributed by atoms with E-state index in [0.717, 1.165) is 17.7 Å². The largest absolute Gasteiger partial charge is 0.493 e. The summed E-state index contributed by atoms with van der Waals surface area (Å²) in [7, 11) is 3.34. The van der Waals surface area contributed by atoms with E-state index in [4.69, 9.17) is 14.2 Å². The SMILES string of the molecule is CCOc1ccc(CNC(=NC)NCCCNC(=O)OC(C)(C)C)cc1OC.I. The van der Waals surface area contributed by atoms with Gasteiger partial charge in [-0.05, 0) is 51.8 Å². The van der Waals surface area contributed by atoms with E-state index < -0.39 is 11.7 Å². The van der Waals surface area contributed by atoms with Gasteiger partial charge in [0.15, 0.2) is 17.5 Å². The number of carbonyl (C=O) groups is 1. The van der Waals surface area contributed by atoms with Gasteiger partial charge in [0.05, 0.1) is 13.7 Å². The molecule has 0 saturated carbocycles. The van der Waals surface area contributed by atoms with E-state index in [9.17, 15) is 4.79 Å². The standard InChI is InChI=1S/C20H34N4O4.HI/c1-7-27-16-10-9-15(13-17(16)26-6)14-24-18(21-5)22-11-8-12-23-19(25)28-20(2,3)4;/h9-10,13H,7-8,11-12,14H2,1-6H3,(H,23,25)(H2,21,22,24);1H. The molecule has 0 unspecified atom stereocenters. The molecule has 1 amide bonds. The highest BCUT2D eigenvalue weighted by molar-refractivity contribution is 14.0. The number of guanidine groups is 1. The number of hydrogen-bond donors (Lipinski definition) is 3. The van der Waals surface area contributed by atoms with Gasteiger partial charge in [-0.15, -0.1) is 24.0 Å². The lowest BCUT2D eigenvalue weighted by atomic mass is 10.2. The summed E-state index contributed by atoms with van der Waals surface area (Å²) in [6.07, 6.45) is 0.344. The van der Waals surface area contributed by atoms with E-state index in [1.54, 1.807) is 14.2 Å². The lowest BCUT2D eigenvalue weighted by Gasteiger charge is -2.19. The average molecular weight is 522 g/mol. The molecule has 0 aliphatic heterocycles. The lowest BCUT2D eigenvalue weighted by Crippen LogP contribution is -2.39. The molecule has 0 radical (unpaired) electrons. The Kier molecular flexibility index (Phi) is 13.2. The van der Waals surface area contributed by atoms with Gasteiger partial charge < -0.3 is 30.2 Å². The molecule has 1 aromatic carbocycles. The van der Waals surface area contributed by atoms with Crippen molar-refractivity contribution >= 4 is 36.0 Å². The zero-order chi connectivity index (χ0) is 21.0. The molecule has 0 spiro atoms. The van der Waals surface area contributed by atoms with E-state index in [2.05, 4.69) is 20.9 Å². The van der Waals surface area contributed by atoms with Crippen molar-refractivity contribution in [2.75, 3.05) is 33.9 Å². The second kappa shape index (κ2) is 14.1. The van der Waals surface area contributed by atoms with Crippen LogP contribution < -0.4 is 25.4 Å². The first-order valence-electron chi connectivity index (χ1n) is 9.50. The Bertz CT molecular complexity index is 648. The first-order chi connectivity index (χ1) is 13.3. The van der Waals surface area contributed by atoms with Gasteiger partial charge in [0.2, 0.25) is 0 Å². The summed E-state index contributed by atoms with van der Waals surface area (Å²) in [6.45, 7) is 9.83. The molecule has 29 heavy (non-hydrogen) atoms. The molecule has 0 aromatic heterocycles. The Balaban J connectivity index is 0.00000784. The Labute approximate surface area is 191 Å². The first kappa shape index (κ1) is 27.1. The van der Waals surface area contributed by atoms with Crippen molar-refractivity contribution in [1.29, 1.82) is 0 Å². The predicted octanol–water partition coefficient (Wildman–Crippen LogP) is 3.29. The number of benzene rings is 1. The van der Waals surface area contributed by atoms with Gasteiger partial charge in [0.1, 0.15) is 5.60 Å². The van der Waals surface area contributed by atoms with Crippen molar-refractivity contribution in [3.8, 4) is 11.5 Å². The summed E-state index contributed by atoms with van der Waals surface area (Å²) in [5.74, 6) is 2.12. The third kappa shape index (κ3) is 11.6. The number of nitrogens with one attached hydrogen (secondary N) is 3. The van der Waals surface area contributed by atoms with Crippen molar-refractivity contribution in [3.05, 3.63) is 23.8 Å². The third-order valence-electron chi connectivity index (χ3n) is 3.53. The fourth-order valence-corrected chi connectivity index (χ4v) is 2.30. The van der Waals surface area contributed by atoms with Crippen molar-refractivity contribution in [2.45, 2.75) is 46.3 Å². The molecule has 9 heteroatoms. The fraction of sp³-hybridized carbons (Fsp3) is 0.600. The molecule has 0 bridgehead atoms. The van der Waals surface area contributed by atoms with E-state index >= 15 is 0 Å². The van der Waals surface area contributed by atoms with E-state index in [-0.39, 0.29) is 24.0 Å². The van der Waals surface area contributed by atoms with Crippen LogP contribution in [0.2, 0.25) is 0 Å². The van der Waals surface area contributed by atoms with Crippen LogP contribution in [0.5, 0.6) is 11.5 Å². The van der Waals surface area contributed by atoms with Crippen LogP contribution in [0.25, 0.3) is 0 Å². The van der Waals surface area contributed by atoms with Crippen LogP contribution >= 0.6 is 24.0 Å². The zero-order valence-electron chi connectivity index (χ0n) is 18.3. The highest BCUT2D eigenvalue weighted by Crippen LogP contribution is 2.27. The molecule has 0 heterocycles. The number of alkyl carbamates (subject to hydrolysis) is 1. The number of carbonyl (C=O) groups excluding carboxylic acids is 1. The minimum Gasteiger partial charge on any atom is -0.493 e. The monoisotopic (exact) mass is 522 g/mol.